The molecule has 14 heteroatoms. The lowest BCUT2D eigenvalue weighted by Crippen LogP contribution is -2.46. The molecule has 1 saturated carbocycles. The number of aryl methyl sites for hydroxylation is 1. The van der Waals surface area contributed by atoms with Crippen molar-refractivity contribution in [1.82, 2.24) is 29.4 Å². The molecule has 2 amide bonds. The van der Waals surface area contributed by atoms with Crippen LogP contribution in [0.2, 0.25) is 0 Å². The number of nitrogen functional groups attached to an aromatic ring is 1. The number of pyridine rings is 2. The van der Waals surface area contributed by atoms with Crippen LogP contribution in [0.5, 0.6) is 0 Å². The van der Waals surface area contributed by atoms with E-state index < -0.39 is 17.9 Å². The highest BCUT2D eigenvalue weighted by Crippen LogP contribution is 2.48. The zero-order valence-corrected chi connectivity index (χ0v) is 21.4. The van der Waals surface area contributed by atoms with Crippen molar-refractivity contribution in [3.63, 3.8) is 0 Å². The van der Waals surface area contributed by atoms with Crippen LogP contribution in [0.4, 0.5) is 24.8 Å². The number of hydrogen-bond acceptors (Lipinski definition) is 7. The van der Waals surface area contributed by atoms with E-state index in [1.807, 2.05) is 0 Å². The van der Waals surface area contributed by atoms with Gasteiger partial charge in [0.25, 0.3) is 0 Å². The lowest BCUT2D eigenvalue weighted by atomic mass is 10.1. The fraction of sp³-hybridized carbons (Fsp3) is 0.333. The minimum Gasteiger partial charge on any atom is -0.383 e. The molecule has 1 aliphatic heterocycles. The lowest BCUT2D eigenvalue weighted by Gasteiger charge is -2.27. The summed E-state index contributed by atoms with van der Waals surface area (Å²) in [5.41, 5.74) is 5.57. The first-order chi connectivity index (χ1) is 18.0. The summed E-state index contributed by atoms with van der Waals surface area (Å²) >= 11 is 3.27. The first-order valence-corrected chi connectivity index (χ1v) is 12.5. The largest absolute Gasteiger partial charge is 0.433 e. The van der Waals surface area contributed by atoms with Crippen molar-refractivity contribution >= 4 is 61.3 Å². The summed E-state index contributed by atoms with van der Waals surface area (Å²) in [4.78, 5) is 44.6. The molecule has 10 nitrogen and oxygen atoms in total. The molecule has 0 spiro atoms. The van der Waals surface area contributed by atoms with Gasteiger partial charge in [0.15, 0.2) is 0 Å². The molecule has 3 atom stereocenters. The Kier molecular flexibility index (Phi) is 5.56. The minimum atomic E-state index is -4.67. The third kappa shape index (κ3) is 4.03. The van der Waals surface area contributed by atoms with Gasteiger partial charge in [0.2, 0.25) is 11.8 Å². The van der Waals surface area contributed by atoms with Crippen molar-refractivity contribution in [2.75, 3.05) is 11.1 Å². The van der Waals surface area contributed by atoms with Gasteiger partial charge in [0.05, 0.1) is 16.6 Å². The van der Waals surface area contributed by atoms with Crippen molar-refractivity contribution in [1.29, 1.82) is 0 Å². The van der Waals surface area contributed by atoms with Gasteiger partial charge in [-0.25, -0.2) is 19.9 Å². The molecule has 3 N–H and O–H groups in total. The monoisotopic (exact) mass is 588 g/mol. The quantitative estimate of drug-likeness (QED) is 0.347. The molecule has 1 aliphatic carbocycles. The number of piperidine rings is 1. The number of nitrogens with zero attached hydrogens (tertiary/aromatic N) is 6. The third-order valence-corrected chi connectivity index (χ3v) is 7.51. The van der Waals surface area contributed by atoms with Gasteiger partial charge in [0.1, 0.15) is 46.5 Å². The van der Waals surface area contributed by atoms with E-state index in [1.165, 1.54) is 17.8 Å². The maximum absolute atomic E-state index is 13.7. The normalized spacial score (nSPS) is 20.7. The van der Waals surface area contributed by atoms with E-state index in [-0.39, 0.29) is 58.3 Å². The molecular formula is C24H20BrF3N8O2. The summed E-state index contributed by atoms with van der Waals surface area (Å²) in [6.45, 7) is 1.18. The SMILES string of the molecule is Cc1nc(C(F)(F)F)cc2c3c(N)ncnc3n(CC(=O)N3[C@@H]4CC4C[C@H]3C(=O)Nc3cccc(Br)n3)c12. The Morgan fingerprint density at radius 2 is 2.00 bits per heavy atom. The summed E-state index contributed by atoms with van der Waals surface area (Å²) in [5.74, 6) is -0.134. The molecule has 0 radical (unpaired) electrons. The highest BCUT2D eigenvalue weighted by atomic mass is 79.9. The van der Waals surface area contributed by atoms with Gasteiger partial charge < -0.3 is 20.5 Å². The Morgan fingerprint density at radius 1 is 1.21 bits per heavy atom. The molecule has 196 valence electrons. The average molecular weight is 589 g/mol. The molecule has 0 bridgehead atoms. The minimum absolute atomic E-state index is 0.00729. The Bertz CT molecular complexity index is 1640. The van der Waals surface area contributed by atoms with Gasteiger partial charge >= 0.3 is 6.18 Å². The Morgan fingerprint density at radius 3 is 2.74 bits per heavy atom. The second-order valence-corrected chi connectivity index (χ2v) is 10.3. The fourth-order valence-electron chi connectivity index (χ4n) is 5.41. The van der Waals surface area contributed by atoms with E-state index >= 15 is 0 Å². The van der Waals surface area contributed by atoms with E-state index in [9.17, 15) is 22.8 Å². The number of carbonyl (C=O) groups is 2. The van der Waals surface area contributed by atoms with Crippen LogP contribution >= 0.6 is 15.9 Å². The van der Waals surface area contributed by atoms with Gasteiger partial charge in [-0.05, 0) is 59.8 Å². The number of anilines is 2. The van der Waals surface area contributed by atoms with E-state index in [0.717, 1.165) is 12.5 Å². The van der Waals surface area contributed by atoms with Crippen molar-refractivity contribution in [2.24, 2.45) is 5.92 Å². The topological polar surface area (TPSA) is 132 Å². The molecular weight excluding hydrogens is 569 g/mol. The number of halogens is 4. The van der Waals surface area contributed by atoms with Crippen molar-refractivity contribution in [3.05, 3.63) is 46.6 Å². The second kappa shape index (κ2) is 8.61. The van der Waals surface area contributed by atoms with Gasteiger partial charge in [0, 0.05) is 11.4 Å². The molecule has 0 aromatic carbocycles. The van der Waals surface area contributed by atoms with Crippen LogP contribution in [-0.2, 0) is 22.3 Å². The smallest absolute Gasteiger partial charge is 0.383 e. The second-order valence-electron chi connectivity index (χ2n) is 9.48. The number of nitrogens with two attached hydrogens (primary N) is 1. The van der Waals surface area contributed by atoms with Crippen LogP contribution in [0.25, 0.3) is 21.9 Å². The molecule has 38 heavy (non-hydrogen) atoms. The number of alkyl halides is 3. The van der Waals surface area contributed by atoms with Crippen molar-refractivity contribution in [3.8, 4) is 0 Å². The van der Waals surface area contributed by atoms with Crippen molar-refractivity contribution < 1.29 is 22.8 Å². The highest BCUT2D eigenvalue weighted by molar-refractivity contribution is 9.10. The van der Waals surface area contributed by atoms with Gasteiger partial charge in [-0.1, -0.05) is 6.07 Å². The number of amides is 2. The molecule has 5 heterocycles. The van der Waals surface area contributed by atoms with Crippen LogP contribution in [0, 0.1) is 12.8 Å². The summed E-state index contributed by atoms with van der Waals surface area (Å²) in [6.07, 6.45) is -2.16. The number of nitrogens with one attached hydrogen (secondary N) is 1. The number of aromatic nitrogens is 5. The molecule has 6 rings (SSSR count). The maximum atomic E-state index is 13.7. The zero-order chi connectivity index (χ0) is 26.9. The number of fused-ring (bicyclic) bond motifs is 4. The van der Waals surface area contributed by atoms with Crippen LogP contribution < -0.4 is 11.1 Å². The average Bonchev–Trinajstić information content (AvgIpc) is 3.38. The Labute approximate surface area is 221 Å². The maximum Gasteiger partial charge on any atom is 0.433 e. The number of carbonyl (C=O) groups excluding carboxylic acids is 2. The summed E-state index contributed by atoms with van der Waals surface area (Å²) < 4.78 is 42.6. The Hall–Kier alpha value is -3.81. The van der Waals surface area contributed by atoms with Gasteiger partial charge in [-0.2, -0.15) is 13.2 Å². The number of rotatable bonds is 4. The van der Waals surface area contributed by atoms with E-state index in [1.54, 1.807) is 23.1 Å². The highest BCUT2D eigenvalue weighted by Gasteiger charge is 2.56. The predicted octanol–water partition coefficient (Wildman–Crippen LogP) is 3.67. The van der Waals surface area contributed by atoms with E-state index in [4.69, 9.17) is 5.73 Å². The number of hydrogen-bond donors (Lipinski definition) is 2. The van der Waals surface area contributed by atoms with E-state index in [2.05, 4.69) is 41.2 Å². The van der Waals surface area contributed by atoms with E-state index in [0.29, 0.717) is 22.4 Å². The molecule has 1 unspecified atom stereocenters. The van der Waals surface area contributed by atoms with Crippen LogP contribution in [0.15, 0.2) is 35.2 Å². The molecule has 2 fully saturated rings. The molecule has 4 aromatic rings. The Balaban J connectivity index is 1.37. The van der Waals surface area contributed by atoms with Crippen molar-refractivity contribution in [2.45, 2.75) is 44.6 Å². The fourth-order valence-corrected chi connectivity index (χ4v) is 5.75. The predicted molar refractivity (Wildman–Crippen MR) is 135 cm³/mol. The van der Waals surface area contributed by atoms with Gasteiger partial charge in [-0.15, -0.1) is 0 Å². The number of likely N-dealkylation sites (tertiary alicyclic amines) is 1. The summed E-state index contributed by atoms with van der Waals surface area (Å²) in [7, 11) is 0. The zero-order valence-electron chi connectivity index (χ0n) is 19.8. The molecule has 2 aliphatic rings. The van der Waals surface area contributed by atoms with Crippen LogP contribution in [0.3, 0.4) is 0 Å². The lowest BCUT2D eigenvalue weighted by molar-refractivity contribution is -0.141. The first kappa shape index (κ1) is 24.5. The standard InChI is InChI=1S/C24H20BrF3N8O2/c1-10-20-12(7-15(32-10)24(26,27)28)19-21(29)30-9-31-22(19)35(20)8-18(37)36-13-5-11(13)6-14(36)23(38)34-17-4-2-3-16(25)33-17/h2-4,7,9,11,13-14H,5-6,8H2,1H3,(H2,29,30,31)(H,33,34,38)/t11?,13-,14+/m1/s1. The van der Waals surface area contributed by atoms with Gasteiger partial charge in [-0.3, -0.25) is 9.59 Å². The summed E-state index contributed by atoms with van der Waals surface area (Å²) in [5, 5.41) is 3.14. The molecule has 1 saturated heterocycles. The molecule has 4 aromatic heterocycles. The summed E-state index contributed by atoms with van der Waals surface area (Å²) in [6, 6.07) is 5.25. The third-order valence-electron chi connectivity index (χ3n) is 7.06. The van der Waals surface area contributed by atoms with Crippen LogP contribution in [0.1, 0.15) is 24.2 Å². The van der Waals surface area contributed by atoms with Crippen LogP contribution in [-0.4, -0.2) is 53.3 Å². The first-order valence-electron chi connectivity index (χ1n) is 11.7.